The molecule has 0 unspecified atom stereocenters. The lowest BCUT2D eigenvalue weighted by Gasteiger charge is -2.00. The lowest BCUT2D eigenvalue weighted by atomic mass is 10.2. The summed E-state index contributed by atoms with van der Waals surface area (Å²) >= 11 is 7.86. The number of nitrogens with one attached hydrogen (secondary N) is 1. The van der Waals surface area contributed by atoms with Crippen LogP contribution < -0.4 is 4.72 Å². The molecular formula is C12H8ClN3O2S3. The Balaban J connectivity index is 1.85. The maximum absolute atomic E-state index is 12.1. The topological polar surface area (TPSA) is 72.0 Å². The fourth-order valence-electron chi connectivity index (χ4n) is 1.58. The average molecular weight is 358 g/mol. The quantitative estimate of drug-likeness (QED) is 0.772. The molecule has 0 saturated carbocycles. The molecule has 0 aliphatic carbocycles. The molecule has 2 heterocycles. The van der Waals surface area contributed by atoms with Gasteiger partial charge in [0.15, 0.2) is 0 Å². The molecule has 21 heavy (non-hydrogen) atoms. The molecule has 3 aromatic rings. The Morgan fingerprint density at radius 1 is 1.10 bits per heavy atom. The normalized spacial score (nSPS) is 11.5. The standard InChI is InChI=1S/C12H8ClN3O2S3/c13-9-6-7-10(19-9)21(17,18)16-12-14-11(20-15-12)8-4-2-1-3-5-8/h1-7H,(H,15,16). The van der Waals surface area contributed by atoms with E-state index in [1.807, 2.05) is 30.3 Å². The van der Waals surface area contributed by atoms with Crippen molar-refractivity contribution in [2.24, 2.45) is 0 Å². The van der Waals surface area contributed by atoms with Gasteiger partial charge in [0, 0.05) is 5.56 Å². The van der Waals surface area contributed by atoms with Crippen molar-refractivity contribution in [2.75, 3.05) is 4.72 Å². The van der Waals surface area contributed by atoms with Crippen molar-refractivity contribution in [1.82, 2.24) is 9.36 Å². The molecule has 0 bridgehead atoms. The van der Waals surface area contributed by atoms with Crippen LogP contribution in [-0.2, 0) is 10.0 Å². The van der Waals surface area contributed by atoms with Crippen LogP contribution in [-0.4, -0.2) is 17.8 Å². The van der Waals surface area contributed by atoms with E-state index in [9.17, 15) is 8.42 Å². The van der Waals surface area contributed by atoms with Crippen LogP contribution in [0.3, 0.4) is 0 Å². The fourth-order valence-corrected chi connectivity index (χ4v) is 4.69. The summed E-state index contributed by atoms with van der Waals surface area (Å²) in [6, 6.07) is 12.4. The van der Waals surface area contributed by atoms with Gasteiger partial charge in [-0.3, -0.25) is 0 Å². The second-order valence-corrected chi connectivity index (χ2v) is 8.33. The fraction of sp³-hybridized carbons (Fsp3) is 0. The van der Waals surface area contributed by atoms with Crippen LogP contribution in [0.2, 0.25) is 4.34 Å². The zero-order valence-electron chi connectivity index (χ0n) is 10.4. The van der Waals surface area contributed by atoms with Crippen LogP contribution >= 0.6 is 34.5 Å². The summed E-state index contributed by atoms with van der Waals surface area (Å²) < 4.78 is 31.2. The van der Waals surface area contributed by atoms with Gasteiger partial charge in [-0.1, -0.05) is 41.9 Å². The summed E-state index contributed by atoms with van der Waals surface area (Å²) in [5.74, 6) is 0.0587. The molecule has 2 aromatic heterocycles. The Morgan fingerprint density at radius 3 is 2.52 bits per heavy atom. The molecule has 0 aliphatic rings. The maximum atomic E-state index is 12.1. The SMILES string of the molecule is O=S(=O)(Nc1nsc(-c2ccccc2)n1)c1ccc(Cl)s1. The van der Waals surface area contributed by atoms with Gasteiger partial charge in [0.25, 0.3) is 10.0 Å². The van der Waals surface area contributed by atoms with Crippen LogP contribution in [0.5, 0.6) is 0 Å². The molecule has 1 N–H and O–H groups in total. The van der Waals surface area contributed by atoms with Gasteiger partial charge in [0.1, 0.15) is 9.22 Å². The van der Waals surface area contributed by atoms with E-state index >= 15 is 0 Å². The molecule has 0 aliphatic heterocycles. The van der Waals surface area contributed by atoms with Gasteiger partial charge < -0.3 is 0 Å². The Bertz CT molecular complexity index is 859. The number of hydrogen-bond donors (Lipinski definition) is 1. The minimum absolute atomic E-state index is 0.0587. The monoisotopic (exact) mass is 357 g/mol. The molecule has 108 valence electrons. The molecule has 0 atom stereocenters. The van der Waals surface area contributed by atoms with E-state index in [4.69, 9.17) is 11.6 Å². The van der Waals surface area contributed by atoms with Crippen LogP contribution in [0, 0.1) is 0 Å². The highest BCUT2D eigenvalue weighted by Gasteiger charge is 2.19. The van der Waals surface area contributed by atoms with E-state index in [1.54, 1.807) is 0 Å². The Morgan fingerprint density at radius 2 is 1.86 bits per heavy atom. The van der Waals surface area contributed by atoms with E-state index in [1.165, 1.54) is 12.1 Å². The van der Waals surface area contributed by atoms with E-state index in [-0.39, 0.29) is 10.2 Å². The molecular weight excluding hydrogens is 350 g/mol. The summed E-state index contributed by atoms with van der Waals surface area (Å²) in [4.78, 5) is 4.19. The minimum atomic E-state index is -3.70. The third-order valence-corrected chi connectivity index (χ3v) is 6.30. The Kier molecular flexibility index (Phi) is 3.94. The predicted octanol–water partition coefficient (Wildman–Crippen LogP) is 3.72. The van der Waals surface area contributed by atoms with Crippen LogP contribution in [0.4, 0.5) is 5.95 Å². The van der Waals surface area contributed by atoms with Crippen molar-refractivity contribution in [1.29, 1.82) is 0 Å². The second kappa shape index (κ2) is 5.72. The molecule has 0 saturated heterocycles. The number of sulfonamides is 1. The summed E-state index contributed by atoms with van der Waals surface area (Å²) in [5.41, 5.74) is 0.889. The van der Waals surface area contributed by atoms with E-state index in [2.05, 4.69) is 14.1 Å². The number of benzene rings is 1. The minimum Gasteiger partial charge on any atom is -0.246 e. The summed E-state index contributed by atoms with van der Waals surface area (Å²) in [6.07, 6.45) is 0. The predicted molar refractivity (Wildman–Crippen MR) is 85.5 cm³/mol. The van der Waals surface area contributed by atoms with Gasteiger partial charge in [-0.2, -0.15) is 9.36 Å². The van der Waals surface area contributed by atoms with E-state index in [0.29, 0.717) is 9.34 Å². The van der Waals surface area contributed by atoms with Gasteiger partial charge in [0.05, 0.1) is 4.34 Å². The Labute approximate surface area is 134 Å². The number of halogens is 1. The second-order valence-electron chi connectivity index (χ2n) is 3.95. The molecule has 0 amide bonds. The summed E-state index contributed by atoms with van der Waals surface area (Å²) in [7, 11) is -3.70. The Hall–Kier alpha value is -1.48. The molecule has 1 aromatic carbocycles. The first-order valence-electron chi connectivity index (χ1n) is 5.72. The van der Waals surface area contributed by atoms with Crippen LogP contribution in [0.25, 0.3) is 10.6 Å². The number of rotatable bonds is 4. The van der Waals surface area contributed by atoms with Gasteiger partial charge in [-0.25, -0.2) is 13.1 Å². The highest BCUT2D eigenvalue weighted by molar-refractivity contribution is 7.94. The molecule has 0 spiro atoms. The lowest BCUT2D eigenvalue weighted by molar-refractivity contribution is 0.603. The van der Waals surface area contributed by atoms with Crippen molar-refractivity contribution in [3.05, 3.63) is 46.8 Å². The van der Waals surface area contributed by atoms with Gasteiger partial charge in [-0.15, -0.1) is 11.3 Å². The highest BCUT2D eigenvalue weighted by atomic mass is 35.5. The first-order valence-corrected chi connectivity index (χ1v) is 9.17. The zero-order chi connectivity index (χ0) is 14.9. The lowest BCUT2D eigenvalue weighted by Crippen LogP contribution is -2.12. The van der Waals surface area contributed by atoms with Crippen molar-refractivity contribution in [3.8, 4) is 10.6 Å². The highest BCUT2D eigenvalue weighted by Crippen LogP contribution is 2.28. The van der Waals surface area contributed by atoms with Crippen molar-refractivity contribution < 1.29 is 8.42 Å². The van der Waals surface area contributed by atoms with Crippen molar-refractivity contribution >= 4 is 50.4 Å². The first kappa shape index (κ1) is 14.5. The third kappa shape index (κ3) is 3.24. The van der Waals surface area contributed by atoms with Crippen molar-refractivity contribution in [2.45, 2.75) is 4.21 Å². The van der Waals surface area contributed by atoms with Gasteiger partial charge in [0.2, 0.25) is 5.95 Å². The largest absolute Gasteiger partial charge is 0.273 e. The first-order chi connectivity index (χ1) is 10.0. The number of anilines is 1. The average Bonchev–Trinajstić information content (AvgIpc) is 3.09. The van der Waals surface area contributed by atoms with Crippen LogP contribution in [0.15, 0.2) is 46.7 Å². The number of aromatic nitrogens is 2. The zero-order valence-corrected chi connectivity index (χ0v) is 13.6. The van der Waals surface area contributed by atoms with Crippen LogP contribution in [0.1, 0.15) is 0 Å². The molecule has 9 heteroatoms. The number of nitrogens with zero attached hydrogens (tertiary/aromatic N) is 2. The van der Waals surface area contributed by atoms with E-state index < -0.39 is 10.0 Å². The molecule has 3 rings (SSSR count). The van der Waals surface area contributed by atoms with Gasteiger partial charge in [-0.05, 0) is 23.7 Å². The summed E-state index contributed by atoms with van der Waals surface area (Å²) in [6.45, 7) is 0. The number of hydrogen-bond acceptors (Lipinski definition) is 6. The molecule has 0 fully saturated rings. The maximum Gasteiger partial charge on any atom is 0.273 e. The van der Waals surface area contributed by atoms with Gasteiger partial charge >= 0.3 is 0 Å². The summed E-state index contributed by atoms with van der Waals surface area (Å²) in [5, 5.41) is 0.650. The molecule has 5 nitrogen and oxygen atoms in total. The van der Waals surface area contributed by atoms with Crippen molar-refractivity contribution in [3.63, 3.8) is 0 Å². The number of thiophene rings is 1. The van der Waals surface area contributed by atoms with E-state index in [0.717, 1.165) is 28.4 Å². The smallest absolute Gasteiger partial charge is 0.246 e. The third-order valence-electron chi connectivity index (χ3n) is 2.49. The molecule has 0 radical (unpaired) electrons.